The lowest BCUT2D eigenvalue weighted by Crippen LogP contribution is -2.31. The number of rotatable bonds is 5. The first-order valence-corrected chi connectivity index (χ1v) is 9.77. The zero-order chi connectivity index (χ0) is 20.4. The second kappa shape index (κ2) is 10.7. The molecule has 0 bridgehead atoms. The number of benzene rings is 1. The van der Waals surface area contributed by atoms with E-state index in [0.717, 1.165) is 34.9 Å². The topological polar surface area (TPSA) is 67.4 Å². The van der Waals surface area contributed by atoms with Gasteiger partial charge in [-0.3, -0.25) is 9.78 Å². The molecule has 0 spiro atoms. The number of halogens is 3. The van der Waals surface area contributed by atoms with Gasteiger partial charge in [0, 0.05) is 29.5 Å². The van der Waals surface area contributed by atoms with E-state index in [2.05, 4.69) is 21.4 Å². The van der Waals surface area contributed by atoms with Crippen molar-refractivity contribution in [3.8, 4) is 11.6 Å². The molecule has 4 rings (SSSR count). The Morgan fingerprint density at radius 2 is 2.00 bits per heavy atom. The Labute approximate surface area is 198 Å². The number of ether oxygens (including phenoxy) is 1. The average Bonchev–Trinajstić information content (AvgIpc) is 3.07. The summed E-state index contributed by atoms with van der Waals surface area (Å²) in [6.45, 7) is 4.93. The largest absolute Gasteiger partial charge is 0.437 e. The smallest absolute Gasteiger partial charge is 0.243 e. The van der Waals surface area contributed by atoms with E-state index in [1.54, 1.807) is 24.5 Å². The molecule has 9 heteroatoms. The third-order valence-corrected chi connectivity index (χ3v) is 5.29. The van der Waals surface area contributed by atoms with Gasteiger partial charge in [0.05, 0.1) is 24.1 Å². The van der Waals surface area contributed by atoms with Crippen molar-refractivity contribution in [2.45, 2.75) is 20.3 Å². The summed E-state index contributed by atoms with van der Waals surface area (Å²) in [6, 6.07) is 11.2. The average molecular weight is 482 g/mol. The number of hydrogen-bond acceptors (Lipinski definition) is 5. The van der Waals surface area contributed by atoms with Crippen LogP contribution in [0.5, 0.6) is 11.6 Å². The molecule has 0 radical (unpaired) electrons. The lowest BCUT2D eigenvalue weighted by Gasteiger charge is -2.19. The van der Waals surface area contributed by atoms with Crippen LogP contribution in [-0.4, -0.2) is 29.0 Å². The van der Waals surface area contributed by atoms with Crippen molar-refractivity contribution >= 4 is 53.7 Å². The van der Waals surface area contributed by atoms with Crippen molar-refractivity contribution in [2.24, 2.45) is 0 Å². The second-order valence-electron chi connectivity index (χ2n) is 7.02. The fourth-order valence-corrected chi connectivity index (χ4v) is 3.50. The highest BCUT2D eigenvalue weighted by atomic mass is 35.5. The number of pyridine rings is 2. The van der Waals surface area contributed by atoms with Crippen LogP contribution in [0, 0.1) is 13.8 Å². The maximum atomic E-state index is 12.5. The number of carbonyl (C=O) groups is 1. The Bertz CT molecular complexity index is 1060. The molecule has 6 nitrogen and oxygen atoms in total. The Kier molecular flexibility index (Phi) is 8.51. The van der Waals surface area contributed by atoms with Crippen LogP contribution in [0.3, 0.4) is 0 Å². The van der Waals surface area contributed by atoms with Gasteiger partial charge in [-0.05, 0) is 55.7 Å². The highest BCUT2D eigenvalue weighted by Gasteiger charge is 2.22. The van der Waals surface area contributed by atoms with E-state index >= 15 is 0 Å². The minimum absolute atomic E-state index is 0. The summed E-state index contributed by atoms with van der Waals surface area (Å²) in [5.74, 6) is 0.990. The van der Waals surface area contributed by atoms with Crippen LogP contribution >= 0.6 is 36.4 Å². The minimum Gasteiger partial charge on any atom is -0.437 e. The van der Waals surface area contributed by atoms with E-state index in [0.29, 0.717) is 17.3 Å². The molecular formula is C22H23Cl3N4O2. The fourth-order valence-electron chi connectivity index (χ4n) is 3.34. The van der Waals surface area contributed by atoms with Crippen LogP contribution in [0.2, 0.25) is 5.02 Å². The number of nitrogens with zero attached hydrogens (tertiary/aromatic N) is 3. The molecule has 1 aliphatic heterocycles. The van der Waals surface area contributed by atoms with E-state index in [4.69, 9.17) is 16.3 Å². The monoisotopic (exact) mass is 480 g/mol. The Balaban J connectivity index is 0.00000171. The molecule has 0 unspecified atom stereocenters. The number of hydrogen-bond donors (Lipinski definition) is 1. The summed E-state index contributed by atoms with van der Waals surface area (Å²) in [7, 11) is 0. The normalized spacial score (nSPS) is 11.8. The molecule has 0 saturated heterocycles. The van der Waals surface area contributed by atoms with Gasteiger partial charge in [-0.2, -0.15) is 0 Å². The SMILES string of the molecule is Cc1cc2c(cc1Cl)N(CC(=O)Nc1ccc(Oc3cccnc3C)nc1)CC2.Cl.Cl. The number of anilines is 2. The lowest BCUT2D eigenvalue weighted by atomic mass is 10.1. The molecule has 0 fully saturated rings. The lowest BCUT2D eigenvalue weighted by molar-refractivity contribution is -0.115. The second-order valence-corrected chi connectivity index (χ2v) is 7.43. The molecule has 1 amide bonds. The zero-order valence-corrected chi connectivity index (χ0v) is 19.5. The Morgan fingerprint density at radius 1 is 1.19 bits per heavy atom. The van der Waals surface area contributed by atoms with Gasteiger partial charge >= 0.3 is 0 Å². The van der Waals surface area contributed by atoms with Gasteiger partial charge in [0.1, 0.15) is 0 Å². The molecule has 1 N–H and O–H groups in total. The van der Waals surface area contributed by atoms with Crippen LogP contribution in [0.25, 0.3) is 0 Å². The summed E-state index contributed by atoms with van der Waals surface area (Å²) in [5, 5.41) is 3.61. The first-order valence-electron chi connectivity index (χ1n) is 9.39. The van der Waals surface area contributed by atoms with Crippen molar-refractivity contribution in [1.82, 2.24) is 9.97 Å². The van der Waals surface area contributed by atoms with Crippen LogP contribution in [0.4, 0.5) is 11.4 Å². The maximum Gasteiger partial charge on any atom is 0.243 e. The first kappa shape index (κ1) is 24.7. The molecule has 2 aromatic heterocycles. The van der Waals surface area contributed by atoms with Gasteiger partial charge < -0.3 is 15.0 Å². The maximum absolute atomic E-state index is 12.5. The van der Waals surface area contributed by atoms with Crippen molar-refractivity contribution in [2.75, 3.05) is 23.3 Å². The van der Waals surface area contributed by atoms with Crippen LogP contribution < -0.4 is 15.0 Å². The number of nitrogens with one attached hydrogen (secondary N) is 1. The summed E-state index contributed by atoms with van der Waals surface area (Å²) < 4.78 is 5.73. The number of aromatic nitrogens is 2. The van der Waals surface area contributed by atoms with Gasteiger partial charge in [0.25, 0.3) is 0 Å². The van der Waals surface area contributed by atoms with Gasteiger partial charge in [-0.15, -0.1) is 24.8 Å². The number of amides is 1. The van der Waals surface area contributed by atoms with Crippen molar-refractivity contribution in [1.29, 1.82) is 0 Å². The standard InChI is InChI=1S/C22H21ClN4O2.2ClH/c1-14-10-16-7-9-27(19(16)11-18(14)23)13-21(28)26-17-5-6-22(25-12-17)29-20-4-3-8-24-15(20)2;;/h3-6,8,10-12H,7,9,13H2,1-2H3,(H,26,28);2*1H. The summed E-state index contributed by atoms with van der Waals surface area (Å²) in [4.78, 5) is 23.0. The molecule has 0 aliphatic carbocycles. The molecule has 3 aromatic rings. The van der Waals surface area contributed by atoms with Gasteiger partial charge in [-0.1, -0.05) is 17.7 Å². The van der Waals surface area contributed by atoms with Crippen molar-refractivity contribution < 1.29 is 9.53 Å². The van der Waals surface area contributed by atoms with E-state index < -0.39 is 0 Å². The molecule has 3 heterocycles. The molecule has 0 atom stereocenters. The van der Waals surface area contributed by atoms with E-state index in [9.17, 15) is 4.79 Å². The van der Waals surface area contributed by atoms with E-state index in [1.165, 1.54) is 5.56 Å². The summed E-state index contributed by atoms with van der Waals surface area (Å²) in [6.07, 6.45) is 4.21. The van der Waals surface area contributed by atoms with E-state index in [-0.39, 0.29) is 37.3 Å². The predicted molar refractivity (Wildman–Crippen MR) is 129 cm³/mol. The zero-order valence-electron chi connectivity index (χ0n) is 17.1. The molecule has 164 valence electrons. The number of aryl methyl sites for hydroxylation is 2. The minimum atomic E-state index is -0.104. The Hall–Kier alpha value is -2.54. The van der Waals surface area contributed by atoms with Crippen molar-refractivity contribution in [3.05, 3.63) is 70.6 Å². The number of carbonyl (C=O) groups excluding carboxylic acids is 1. The predicted octanol–water partition coefficient (Wildman–Crippen LogP) is 5.38. The fraction of sp³-hybridized carbons (Fsp3) is 0.227. The molecule has 0 saturated carbocycles. The van der Waals surface area contributed by atoms with Gasteiger partial charge in [0.15, 0.2) is 5.75 Å². The highest BCUT2D eigenvalue weighted by molar-refractivity contribution is 6.31. The first-order chi connectivity index (χ1) is 14.0. The summed E-state index contributed by atoms with van der Waals surface area (Å²) in [5.41, 5.74) is 4.73. The van der Waals surface area contributed by atoms with Gasteiger partial charge in [0.2, 0.25) is 11.8 Å². The highest BCUT2D eigenvalue weighted by Crippen LogP contribution is 2.32. The molecular weight excluding hydrogens is 459 g/mol. The number of fused-ring (bicyclic) bond motifs is 1. The quantitative estimate of drug-likeness (QED) is 0.529. The van der Waals surface area contributed by atoms with Crippen LogP contribution in [0.1, 0.15) is 16.8 Å². The third-order valence-electron chi connectivity index (χ3n) is 4.88. The molecule has 1 aliphatic rings. The third kappa shape index (κ3) is 5.79. The van der Waals surface area contributed by atoms with Crippen LogP contribution in [0.15, 0.2) is 48.8 Å². The molecule has 31 heavy (non-hydrogen) atoms. The summed E-state index contributed by atoms with van der Waals surface area (Å²) >= 11 is 6.26. The van der Waals surface area contributed by atoms with E-state index in [1.807, 2.05) is 36.9 Å². The van der Waals surface area contributed by atoms with Crippen molar-refractivity contribution in [3.63, 3.8) is 0 Å². The molecule has 1 aromatic carbocycles. The van der Waals surface area contributed by atoms with Crippen LogP contribution in [-0.2, 0) is 11.2 Å². The van der Waals surface area contributed by atoms with Gasteiger partial charge in [-0.25, -0.2) is 4.98 Å². The Morgan fingerprint density at radius 3 is 2.71 bits per heavy atom.